The van der Waals surface area contributed by atoms with Crippen LogP contribution in [0.1, 0.15) is 23.0 Å². The molecule has 1 heterocycles. The molecule has 0 aromatic rings. The molecule has 2 atom stereocenters. The zero-order chi connectivity index (χ0) is 11.7. The molecule has 70 valence electrons. The molecule has 0 aliphatic carbocycles. The average molecular weight is 173 g/mol. The quantitative estimate of drug-likeness (QED) is 0.669. The molecule has 0 bridgehead atoms. The van der Waals surface area contributed by atoms with Gasteiger partial charge in [0.25, 0.3) is 0 Å². The molecule has 0 spiro atoms. The van der Waals surface area contributed by atoms with E-state index in [1.54, 1.807) is 0 Å². The lowest BCUT2D eigenvalue weighted by Crippen LogP contribution is -2.49. The van der Waals surface area contributed by atoms with Crippen molar-refractivity contribution in [1.29, 1.82) is 0 Å². The number of hydrogen-bond acceptors (Lipinski definition) is 3. The molecule has 0 saturated heterocycles. The van der Waals surface area contributed by atoms with Crippen LogP contribution in [-0.2, 0) is 4.74 Å². The number of rotatable bonds is 3. The molecule has 2 N–H and O–H groups in total. The zero-order valence-electron chi connectivity index (χ0n) is 10.8. The molecule has 0 aromatic carbocycles. The van der Waals surface area contributed by atoms with Gasteiger partial charge in [-0.1, -0.05) is 13.8 Å². The van der Waals surface area contributed by atoms with E-state index in [4.69, 9.17) is 8.89 Å². The van der Waals surface area contributed by atoms with Crippen LogP contribution >= 0.6 is 0 Å². The number of methoxy groups -OCH3 is 1. The van der Waals surface area contributed by atoms with Gasteiger partial charge in [-0.05, 0) is 12.3 Å². The highest BCUT2D eigenvalue weighted by Gasteiger charge is 2.21. The van der Waals surface area contributed by atoms with Crippen LogP contribution in [0.15, 0.2) is 12.4 Å². The third-order valence-electron chi connectivity index (χ3n) is 1.59. The van der Waals surface area contributed by atoms with E-state index in [9.17, 15) is 0 Å². The maximum atomic E-state index is 8.22. The lowest BCUT2D eigenvalue weighted by Gasteiger charge is -2.30. The Balaban J connectivity index is 3.02. The summed E-state index contributed by atoms with van der Waals surface area (Å²) in [5.74, 6) is 0.212. The van der Waals surface area contributed by atoms with Gasteiger partial charge in [-0.25, -0.2) is 0 Å². The number of nitrogens with one attached hydrogen (secondary N) is 2. The number of ether oxygens (including phenoxy) is 1. The van der Waals surface area contributed by atoms with Gasteiger partial charge < -0.3 is 15.4 Å². The van der Waals surface area contributed by atoms with E-state index < -0.39 is 12.2 Å². The van der Waals surface area contributed by atoms with Crippen molar-refractivity contribution in [3.8, 4) is 0 Å². The van der Waals surface area contributed by atoms with Crippen LogP contribution in [0.2, 0.25) is 1.41 Å². The van der Waals surface area contributed by atoms with Crippen LogP contribution in [-0.4, -0.2) is 19.3 Å². The average Bonchev–Trinajstić information content (AvgIpc) is 2.14. The van der Waals surface area contributed by atoms with Crippen LogP contribution in [0.5, 0.6) is 0 Å². The minimum Gasteiger partial charge on any atom is -0.382 e. The van der Waals surface area contributed by atoms with E-state index in [0.29, 0.717) is 6.42 Å². The molecule has 1 aliphatic heterocycles. The largest absolute Gasteiger partial charge is 0.382 e. The van der Waals surface area contributed by atoms with E-state index >= 15 is 0 Å². The number of hydrogen-bond donors (Lipinski definition) is 2. The van der Waals surface area contributed by atoms with Crippen molar-refractivity contribution in [3.63, 3.8) is 0 Å². The summed E-state index contributed by atoms with van der Waals surface area (Å²) in [5.41, 5.74) is 0. The summed E-state index contributed by atoms with van der Waals surface area (Å²) < 4.78 is 29.0. The Morgan fingerprint density at radius 2 is 2.42 bits per heavy atom. The first-order valence-corrected chi connectivity index (χ1v) is 4.13. The summed E-state index contributed by atoms with van der Waals surface area (Å²) in [6.07, 6.45) is 1.66. The van der Waals surface area contributed by atoms with Crippen molar-refractivity contribution in [3.05, 3.63) is 12.4 Å². The Morgan fingerprint density at radius 3 is 3.00 bits per heavy atom. The first kappa shape index (κ1) is 5.86. The fraction of sp³-hybridized carbons (Fsp3) is 0.778. The van der Waals surface area contributed by atoms with Gasteiger partial charge in [-0.2, -0.15) is 0 Å². The Bertz CT molecular complexity index is 262. The van der Waals surface area contributed by atoms with Gasteiger partial charge in [0.2, 0.25) is 0 Å². The predicted octanol–water partition coefficient (Wildman–Crippen LogP) is 1.04. The predicted molar refractivity (Wildman–Crippen MR) is 49.5 cm³/mol. The highest BCUT2D eigenvalue weighted by molar-refractivity contribution is 4.93. The molecule has 0 saturated carbocycles. The summed E-state index contributed by atoms with van der Waals surface area (Å²) in [6.45, 7) is 3.91. The maximum Gasteiger partial charge on any atom is 0.160 e. The van der Waals surface area contributed by atoms with Crippen molar-refractivity contribution >= 4 is 0 Å². The molecule has 0 aromatic heterocycles. The van der Waals surface area contributed by atoms with E-state index in [1.807, 2.05) is 13.8 Å². The fourth-order valence-corrected chi connectivity index (χ4v) is 1.09. The highest BCUT2D eigenvalue weighted by atomic mass is 16.5. The van der Waals surface area contributed by atoms with Gasteiger partial charge in [0.15, 0.2) is 1.41 Å². The van der Waals surface area contributed by atoms with Crippen LogP contribution < -0.4 is 10.6 Å². The van der Waals surface area contributed by atoms with E-state index in [-0.39, 0.29) is 5.92 Å². The van der Waals surface area contributed by atoms with Crippen molar-refractivity contribution in [2.45, 2.75) is 32.5 Å². The van der Waals surface area contributed by atoms with Crippen LogP contribution in [0, 0.1) is 5.92 Å². The standard InChI is InChI=1S/C9H18N2O/c1-7(2)6-8-9(12-3)11-5-4-10-8/h4-5,7-11H,6H2,1-3H3/i8D,9D/hD. The fourth-order valence-electron chi connectivity index (χ4n) is 1.09. The Labute approximate surface area is 78.4 Å². The Kier molecular flexibility index (Phi) is 2.13. The minimum absolute atomic E-state index is 0.212. The first-order chi connectivity index (χ1) is 6.85. The lowest BCUT2D eigenvalue weighted by atomic mass is 10.0. The molecule has 1 aliphatic rings. The summed E-state index contributed by atoms with van der Waals surface area (Å²) in [6, 6.07) is -1.44. The lowest BCUT2D eigenvalue weighted by molar-refractivity contribution is 0.0447. The maximum absolute atomic E-state index is 8.22. The summed E-state index contributed by atoms with van der Waals surface area (Å²) in [4.78, 5) is 0. The molecule has 0 amide bonds. The van der Waals surface area contributed by atoms with E-state index in [2.05, 4.69) is 5.32 Å². The second-order valence-corrected chi connectivity index (χ2v) is 3.17. The highest BCUT2D eigenvalue weighted by Crippen LogP contribution is 2.10. The molecule has 12 heavy (non-hydrogen) atoms. The normalized spacial score (nSPS) is 45.0. The van der Waals surface area contributed by atoms with Gasteiger partial charge in [0.05, 0.1) is 8.76 Å². The SMILES string of the molecule is [2H]N1C=CNC([2H])(OC)C1([2H])CC(C)C. The van der Waals surface area contributed by atoms with Gasteiger partial charge in [0, 0.05) is 19.5 Å². The molecule has 1 rings (SSSR count). The molecule has 0 radical (unpaired) electrons. The van der Waals surface area contributed by atoms with Crippen LogP contribution in [0.4, 0.5) is 0 Å². The zero-order valence-corrected chi connectivity index (χ0v) is 7.79. The van der Waals surface area contributed by atoms with E-state index in [0.717, 1.165) is 5.31 Å². The monoisotopic (exact) mass is 173 g/mol. The van der Waals surface area contributed by atoms with Crippen molar-refractivity contribution in [2.75, 3.05) is 7.11 Å². The molecular formula is C9H18N2O. The summed E-state index contributed by atoms with van der Waals surface area (Å²) >= 11 is 0. The second-order valence-electron chi connectivity index (χ2n) is 3.17. The second kappa shape index (κ2) is 4.36. The first-order valence-electron chi connectivity index (χ1n) is 5.58. The molecular weight excluding hydrogens is 152 g/mol. The van der Waals surface area contributed by atoms with Gasteiger partial charge in [-0.15, -0.1) is 0 Å². The summed E-state index contributed by atoms with van der Waals surface area (Å²) in [7, 11) is 1.37. The van der Waals surface area contributed by atoms with Gasteiger partial charge >= 0.3 is 0 Å². The minimum atomic E-state index is -1.60. The Morgan fingerprint density at radius 1 is 1.67 bits per heavy atom. The van der Waals surface area contributed by atoms with Crippen molar-refractivity contribution in [2.24, 2.45) is 5.92 Å². The smallest absolute Gasteiger partial charge is 0.160 e. The van der Waals surface area contributed by atoms with E-state index in [1.165, 1.54) is 19.5 Å². The molecule has 0 fully saturated rings. The van der Waals surface area contributed by atoms with Crippen molar-refractivity contribution < 1.29 is 8.89 Å². The van der Waals surface area contributed by atoms with Gasteiger partial charge in [0.1, 0.15) is 6.20 Å². The molecule has 3 heteroatoms. The Hall–Kier alpha value is -0.700. The van der Waals surface area contributed by atoms with Crippen LogP contribution in [0.25, 0.3) is 0 Å². The topological polar surface area (TPSA) is 33.3 Å². The van der Waals surface area contributed by atoms with Gasteiger partial charge in [-0.3, -0.25) is 0 Å². The molecule has 2 unspecified atom stereocenters. The third kappa shape index (κ3) is 2.41. The van der Waals surface area contributed by atoms with Crippen molar-refractivity contribution in [1.82, 2.24) is 10.6 Å². The summed E-state index contributed by atoms with van der Waals surface area (Å²) in [5, 5.41) is 3.66. The third-order valence-corrected chi connectivity index (χ3v) is 1.59. The van der Waals surface area contributed by atoms with Crippen LogP contribution in [0.3, 0.4) is 0 Å². The molecule has 3 nitrogen and oxygen atoms in total.